The molecule has 5 nitrogen and oxygen atoms in total. The molecule has 0 atom stereocenters. The van der Waals surface area contributed by atoms with Crippen LogP contribution in [0.15, 0.2) is 29.3 Å². The second-order valence-corrected chi connectivity index (χ2v) is 8.42. The summed E-state index contributed by atoms with van der Waals surface area (Å²) in [6.07, 6.45) is -3.74. The average Bonchev–Trinajstić information content (AvgIpc) is 3.08. The summed E-state index contributed by atoms with van der Waals surface area (Å²) in [4.78, 5) is 4.09. The molecule has 2 aromatic rings. The third-order valence-corrected chi connectivity index (χ3v) is 6.81. The predicted molar refractivity (Wildman–Crippen MR) is 84.4 cm³/mol. The number of hydrogen-bond acceptors (Lipinski definition) is 5. The molecule has 3 rings (SSSR count). The van der Waals surface area contributed by atoms with Gasteiger partial charge >= 0.3 is 6.18 Å². The Bertz CT molecular complexity index is 906. The summed E-state index contributed by atoms with van der Waals surface area (Å²) >= 11 is 0.486. The number of nitrogens with zero attached hydrogens (tertiary/aromatic N) is 3. The number of rotatable bonds is 3. The Hall–Kier alpha value is -1.79. The van der Waals surface area contributed by atoms with Crippen molar-refractivity contribution in [1.29, 1.82) is 0 Å². The second-order valence-electron chi connectivity index (χ2n) is 5.47. The number of benzene rings is 1. The van der Waals surface area contributed by atoms with Gasteiger partial charge in [0.15, 0.2) is 16.8 Å². The summed E-state index contributed by atoms with van der Waals surface area (Å²) in [5, 5.41) is 0.155. The van der Waals surface area contributed by atoms with Crippen molar-refractivity contribution in [3.63, 3.8) is 0 Å². The van der Waals surface area contributed by atoms with Crippen molar-refractivity contribution in [3.8, 4) is 0 Å². The van der Waals surface area contributed by atoms with Gasteiger partial charge in [0.1, 0.15) is 4.88 Å². The Morgan fingerprint density at radius 2 is 1.69 bits per heavy atom. The zero-order chi connectivity index (χ0) is 19.1. The molecule has 26 heavy (non-hydrogen) atoms. The van der Waals surface area contributed by atoms with Crippen molar-refractivity contribution in [2.45, 2.75) is 11.1 Å². The number of halogens is 5. The van der Waals surface area contributed by atoms with Gasteiger partial charge in [0, 0.05) is 26.2 Å². The molecule has 0 radical (unpaired) electrons. The second kappa shape index (κ2) is 6.74. The van der Waals surface area contributed by atoms with E-state index in [0.717, 1.165) is 22.6 Å². The zero-order valence-electron chi connectivity index (χ0n) is 13.0. The Balaban J connectivity index is 1.71. The van der Waals surface area contributed by atoms with E-state index in [1.165, 1.54) is 0 Å². The van der Waals surface area contributed by atoms with E-state index in [-0.39, 0.29) is 36.2 Å². The van der Waals surface area contributed by atoms with Crippen LogP contribution in [0.2, 0.25) is 0 Å². The topological polar surface area (TPSA) is 53.5 Å². The lowest BCUT2D eigenvalue weighted by atomic mass is 10.3. The van der Waals surface area contributed by atoms with Gasteiger partial charge in [0.2, 0.25) is 10.0 Å². The van der Waals surface area contributed by atoms with E-state index in [1.54, 1.807) is 4.90 Å². The van der Waals surface area contributed by atoms with Crippen LogP contribution in [0.3, 0.4) is 0 Å². The number of piperazine rings is 1. The highest BCUT2D eigenvalue weighted by Crippen LogP contribution is 2.36. The Morgan fingerprint density at radius 1 is 1.04 bits per heavy atom. The van der Waals surface area contributed by atoms with Gasteiger partial charge in [0.05, 0.1) is 11.1 Å². The number of thiazole rings is 1. The van der Waals surface area contributed by atoms with Crippen LogP contribution in [0.5, 0.6) is 0 Å². The molecule has 142 valence electrons. The molecule has 1 aromatic heterocycles. The number of sulfonamides is 1. The number of hydrogen-bond donors (Lipinski definition) is 0. The van der Waals surface area contributed by atoms with Crippen molar-refractivity contribution in [2.24, 2.45) is 0 Å². The highest BCUT2D eigenvalue weighted by molar-refractivity contribution is 7.89. The Kier molecular flexibility index (Phi) is 4.92. The van der Waals surface area contributed by atoms with Crippen molar-refractivity contribution >= 4 is 26.5 Å². The molecular formula is C14H12F5N3O2S2. The maximum absolute atomic E-state index is 13.3. The molecule has 2 heterocycles. The number of alkyl halides is 3. The fraction of sp³-hybridized carbons (Fsp3) is 0.357. The zero-order valence-corrected chi connectivity index (χ0v) is 14.6. The molecule has 1 aliphatic heterocycles. The van der Waals surface area contributed by atoms with Gasteiger partial charge in [-0.05, 0) is 18.2 Å². The van der Waals surface area contributed by atoms with Gasteiger partial charge in [-0.2, -0.15) is 17.5 Å². The molecule has 0 aliphatic carbocycles. The third-order valence-electron chi connectivity index (χ3n) is 3.81. The van der Waals surface area contributed by atoms with Crippen LogP contribution in [0.1, 0.15) is 4.88 Å². The fourth-order valence-corrected chi connectivity index (χ4v) is 4.72. The van der Waals surface area contributed by atoms with E-state index in [1.807, 2.05) is 0 Å². The lowest BCUT2D eigenvalue weighted by Gasteiger charge is -2.33. The first-order chi connectivity index (χ1) is 12.1. The Morgan fingerprint density at radius 3 is 2.23 bits per heavy atom. The lowest BCUT2D eigenvalue weighted by molar-refractivity contribution is -0.134. The van der Waals surface area contributed by atoms with Crippen molar-refractivity contribution < 1.29 is 30.4 Å². The van der Waals surface area contributed by atoms with Gasteiger partial charge in [0.25, 0.3) is 0 Å². The third kappa shape index (κ3) is 3.67. The summed E-state index contributed by atoms with van der Waals surface area (Å²) in [6.45, 7) is 0.242. The van der Waals surface area contributed by atoms with Crippen molar-refractivity contribution in [3.05, 3.63) is 40.9 Å². The summed E-state index contributed by atoms with van der Waals surface area (Å²) in [7, 11) is -4.02. The smallest absolute Gasteiger partial charge is 0.345 e. The average molecular weight is 413 g/mol. The van der Waals surface area contributed by atoms with Crippen molar-refractivity contribution in [1.82, 2.24) is 9.29 Å². The molecule has 0 saturated carbocycles. The molecule has 1 saturated heterocycles. The molecule has 1 aromatic carbocycles. The van der Waals surface area contributed by atoms with Crippen LogP contribution < -0.4 is 4.90 Å². The molecule has 0 amide bonds. The van der Waals surface area contributed by atoms with E-state index in [4.69, 9.17) is 0 Å². The molecule has 0 N–H and O–H groups in total. The quantitative estimate of drug-likeness (QED) is 0.727. The first-order valence-corrected chi connectivity index (χ1v) is 9.58. The monoisotopic (exact) mass is 413 g/mol. The highest BCUT2D eigenvalue weighted by Gasteiger charge is 2.35. The van der Waals surface area contributed by atoms with Gasteiger partial charge in [-0.15, -0.1) is 0 Å². The van der Waals surface area contributed by atoms with Crippen LogP contribution >= 0.6 is 11.3 Å². The maximum Gasteiger partial charge on any atom is 0.427 e. The van der Waals surface area contributed by atoms with E-state index >= 15 is 0 Å². The van der Waals surface area contributed by atoms with Gasteiger partial charge in [-0.3, -0.25) is 0 Å². The first kappa shape index (κ1) is 19.0. The first-order valence-electron chi connectivity index (χ1n) is 7.32. The summed E-state index contributed by atoms with van der Waals surface area (Å²) < 4.78 is 90.2. The number of aromatic nitrogens is 1. The summed E-state index contributed by atoms with van der Waals surface area (Å²) in [5.74, 6) is -2.43. The highest BCUT2D eigenvalue weighted by atomic mass is 32.2. The fourth-order valence-electron chi connectivity index (χ4n) is 2.45. The minimum absolute atomic E-state index is 0.0116. The van der Waals surface area contributed by atoms with Crippen LogP contribution in [-0.4, -0.2) is 43.9 Å². The van der Waals surface area contributed by atoms with Gasteiger partial charge < -0.3 is 4.90 Å². The molecule has 0 spiro atoms. The van der Waals surface area contributed by atoms with Crippen LogP contribution in [0.25, 0.3) is 0 Å². The van der Waals surface area contributed by atoms with E-state index in [9.17, 15) is 30.4 Å². The Labute approximate surface area is 149 Å². The van der Waals surface area contributed by atoms with E-state index < -0.39 is 32.7 Å². The largest absolute Gasteiger partial charge is 0.427 e. The SMILES string of the molecule is O=S(=O)(c1ccc(F)c(F)c1)N1CCN(c2ncc(C(F)(F)F)s2)CC1. The van der Waals surface area contributed by atoms with Gasteiger partial charge in [-0.1, -0.05) is 11.3 Å². The minimum atomic E-state index is -4.48. The summed E-state index contributed by atoms with van der Waals surface area (Å²) in [6, 6.07) is 2.30. The normalized spacial score (nSPS) is 16.9. The molecule has 1 aliphatic rings. The molecule has 0 bridgehead atoms. The van der Waals surface area contributed by atoms with E-state index in [2.05, 4.69) is 4.98 Å². The lowest BCUT2D eigenvalue weighted by Crippen LogP contribution is -2.48. The van der Waals surface area contributed by atoms with Gasteiger partial charge in [-0.25, -0.2) is 22.2 Å². The number of anilines is 1. The predicted octanol–water partition coefficient (Wildman–Crippen LogP) is 2.95. The molecule has 12 heteroatoms. The minimum Gasteiger partial charge on any atom is -0.345 e. The van der Waals surface area contributed by atoms with Crippen LogP contribution in [0, 0.1) is 11.6 Å². The van der Waals surface area contributed by atoms with Crippen LogP contribution in [-0.2, 0) is 16.2 Å². The van der Waals surface area contributed by atoms with Crippen LogP contribution in [0.4, 0.5) is 27.1 Å². The van der Waals surface area contributed by atoms with E-state index in [0.29, 0.717) is 17.4 Å². The maximum atomic E-state index is 13.3. The standard InChI is InChI=1S/C14H12F5N3O2S2/c15-10-2-1-9(7-11(10)16)26(23,24)22-5-3-21(4-6-22)13-20-8-12(25-13)14(17,18)19/h1-2,7-8H,3-6H2. The molecule has 1 fully saturated rings. The summed E-state index contributed by atoms with van der Waals surface area (Å²) in [5.41, 5.74) is 0. The molecule has 0 unspecified atom stereocenters. The molecular weight excluding hydrogens is 401 g/mol. The van der Waals surface area contributed by atoms with Crippen molar-refractivity contribution in [2.75, 3.05) is 31.1 Å².